The van der Waals surface area contributed by atoms with E-state index in [-0.39, 0.29) is 0 Å². The van der Waals surface area contributed by atoms with Gasteiger partial charge in [0.1, 0.15) is 5.75 Å². The number of aromatic nitrogens is 1. The number of anilines is 2. The smallest absolute Gasteiger partial charge is 0.348 e. The molecule has 0 saturated carbocycles. The summed E-state index contributed by atoms with van der Waals surface area (Å²) in [5.41, 5.74) is 1.18. The van der Waals surface area contributed by atoms with Gasteiger partial charge in [0.25, 0.3) is 0 Å². The summed E-state index contributed by atoms with van der Waals surface area (Å²) in [6, 6.07) is 11.8. The summed E-state index contributed by atoms with van der Waals surface area (Å²) < 4.78 is 5.85. The predicted molar refractivity (Wildman–Crippen MR) is 107 cm³/mol. The van der Waals surface area contributed by atoms with Gasteiger partial charge < -0.3 is 19.6 Å². The minimum Gasteiger partial charge on any atom is -0.478 e. The van der Waals surface area contributed by atoms with E-state index in [1.807, 2.05) is 62.6 Å². The zero-order chi connectivity index (χ0) is 19.3. The predicted octanol–water partition coefficient (Wildman–Crippen LogP) is 3.43. The van der Waals surface area contributed by atoms with Crippen molar-refractivity contribution in [1.82, 2.24) is 4.98 Å². The molecule has 2 heterocycles. The maximum Gasteiger partial charge on any atom is 0.348 e. The second-order valence-corrected chi connectivity index (χ2v) is 6.78. The van der Waals surface area contributed by atoms with E-state index in [0.29, 0.717) is 18.6 Å². The number of hydrogen-bond donors (Lipinski definition) is 1. The molecule has 1 aliphatic heterocycles. The van der Waals surface area contributed by atoms with E-state index < -0.39 is 11.6 Å². The normalized spacial score (nSPS) is 14.9. The van der Waals surface area contributed by atoms with Gasteiger partial charge in [0.05, 0.1) is 0 Å². The van der Waals surface area contributed by atoms with Crippen molar-refractivity contribution < 1.29 is 14.6 Å². The summed E-state index contributed by atoms with van der Waals surface area (Å²) in [4.78, 5) is 20.4. The van der Waals surface area contributed by atoms with Crippen LogP contribution in [-0.2, 0) is 4.79 Å². The molecule has 2 aromatic rings. The molecular weight excluding hydrogens is 342 g/mol. The van der Waals surface area contributed by atoms with Crippen LogP contribution in [0.15, 0.2) is 48.8 Å². The SMILES string of the molecule is CCC(CC)(Oc1ccc(N2CCN(c3ccncc3)CC2)cc1)C(=O)O. The largest absolute Gasteiger partial charge is 0.478 e. The third kappa shape index (κ3) is 4.15. The average Bonchev–Trinajstić information content (AvgIpc) is 2.73. The number of rotatable bonds is 7. The van der Waals surface area contributed by atoms with Crippen LogP contribution >= 0.6 is 0 Å². The van der Waals surface area contributed by atoms with Gasteiger partial charge in [0.2, 0.25) is 5.60 Å². The van der Waals surface area contributed by atoms with Crippen LogP contribution in [-0.4, -0.2) is 47.8 Å². The van der Waals surface area contributed by atoms with Crippen molar-refractivity contribution in [2.75, 3.05) is 36.0 Å². The van der Waals surface area contributed by atoms with Crippen LogP contribution < -0.4 is 14.5 Å². The molecule has 1 fully saturated rings. The van der Waals surface area contributed by atoms with E-state index in [1.165, 1.54) is 5.69 Å². The number of piperazine rings is 1. The van der Waals surface area contributed by atoms with Crippen LogP contribution in [0.1, 0.15) is 26.7 Å². The first-order valence-corrected chi connectivity index (χ1v) is 9.50. The minimum atomic E-state index is -1.16. The van der Waals surface area contributed by atoms with Crippen molar-refractivity contribution >= 4 is 17.3 Å². The average molecular weight is 369 g/mol. The van der Waals surface area contributed by atoms with Gasteiger partial charge in [0.15, 0.2) is 0 Å². The van der Waals surface area contributed by atoms with E-state index in [1.54, 1.807) is 0 Å². The summed E-state index contributed by atoms with van der Waals surface area (Å²) in [5, 5.41) is 9.52. The van der Waals surface area contributed by atoms with Crippen LogP contribution in [0.2, 0.25) is 0 Å². The highest BCUT2D eigenvalue weighted by Crippen LogP contribution is 2.28. The third-order valence-electron chi connectivity index (χ3n) is 5.35. The molecule has 0 radical (unpaired) electrons. The molecule has 0 unspecified atom stereocenters. The Hall–Kier alpha value is -2.76. The van der Waals surface area contributed by atoms with Gasteiger partial charge in [-0.1, -0.05) is 13.8 Å². The molecule has 0 spiro atoms. The fourth-order valence-corrected chi connectivity index (χ4v) is 3.47. The number of ether oxygens (including phenoxy) is 1. The van der Waals surface area contributed by atoms with Gasteiger partial charge in [-0.05, 0) is 49.2 Å². The lowest BCUT2D eigenvalue weighted by Gasteiger charge is -2.37. The Balaban J connectivity index is 1.62. The first kappa shape index (κ1) is 19.0. The number of carboxylic acids is 1. The molecule has 0 amide bonds. The van der Waals surface area contributed by atoms with Gasteiger partial charge in [0, 0.05) is 49.9 Å². The molecule has 27 heavy (non-hydrogen) atoms. The van der Waals surface area contributed by atoms with E-state index >= 15 is 0 Å². The van der Waals surface area contributed by atoms with Crippen LogP contribution in [0.5, 0.6) is 5.75 Å². The summed E-state index contributed by atoms with van der Waals surface area (Å²) in [6.45, 7) is 7.46. The van der Waals surface area contributed by atoms with Gasteiger partial charge in [-0.25, -0.2) is 4.79 Å². The van der Waals surface area contributed by atoms with Crippen molar-refractivity contribution in [3.05, 3.63) is 48.8 Å². The molecule has 1 aromatic carbocycles. The number of hydrogen-bond acceptors (Lipinski definition) is 5. The van der Waals surface area contributed by atoms with Crippen LogP contribution in [0.3, 0.4) is 0 Å². The van der Waals surface area contributed by atoms with Gasteiger partial charge in [-0.15, -0.1) is 0 Å². The lowest BCUT2D eigenvalue weighted by Crippen LogP contribution is -2.46. The molecule has 3 rings (SSSR count). The summed E-state index contributed by atoms with van der Waals surface area (Å²) in [7, 11) is 0. The van der Waals surface area contributed by atoms with Crippen molar-refractivity contribution in [3.8, 4) is 5.75 Å². The second-order valence-electron chi connectivity index (χ2n) is 6.78. The Morgan fingerprint density at radius 1 is 0.963 bits per heavy atom. The molecule has 144 valence electrons. The van der Waals surface area contributed by atoms with Crippen molar-refractivity contribution in [3.63, 3.8) is 0 Å². The van der Waals surface area contributed by atoms with Gasteiger partial charge in [-0.2, -0.15) is 0 Å². The highest BCUT2D eigenvalue weighted by Gasteiger charge is 2.37. The van der Waals surface area contributed by atoms with Crippen LogP contribution in [0.25, 0.3) is 0 Å². The van der Waals surface area contributed by atoms with E-state index in [2.05, 4.69) is 14.8 Å². The Morgan fingerprint density at radius 2 is 1.44 bits per heavy atom. The van der Waals surface area contributed by atoms with Crippen LogP contribution in [0.4, 0.5) is 11.4 Å². The molecule has 0 atom stereocenters. The number of nitrogens with zero attached hydrogens (tertiary/aromatic N) is 3. The zero-order valence-corrected chi connectivity index (χ0v) is 16.0. The van der Waals surface area contributed by atoms with Crippen molar-refractivity contribution in [1.29, 1.82) is 0 Å². The van der Waals surface area contributed by atoms with Gasteiger partial charge in [-0.3, -0.25) is 4.98 Å². The maximum absolute atomic E-state index is 11.6. The fraction of sp³-hybridized carbons (Fsp3) is 0.429. The van der Waals surface area contributed by atoms with E-state index in [9.17, 15) is 9.90 Å². The molecular formula is C21H27N3O3. The number of aliphatic carboxylic acids is 1. The molecule has 6 nitrogen and oxygen atoms in total. The van der Waals surface area contributed by atoms with E-state index in [4.69, 9.17) is 4.74 Å². The molecule has 0 aliphatic carbocycles. The molecule has 1 aliphatic rings. The number of benzene rings is 1. The van der Waals surface area contributed by atoms with Crippen LogP contribution in [0, 0.1) is 0 Å². The van der Waals surface area contributed by atoms with Crippen molar-refractivity contribution in [2.24, 2.45) is 0 Å². The third-order valence-corrected chi connectivity index (χ3v) is 5.35. The first-order chi connectivity index (χ1) is 13.1. The van der Waals surface area contributed by atoms with Crippen molar-refractivity contribution in [2.45, 2.75) is 32.3 Å². The molecule has 1 N–H and O–H groups in total. The Labute approximate surface area is 160 Å². The standard InChI is InChI=1S/C21H27N3O3/c1-3-21(4-2,20(25)26)27-19-7-5-17(6-8-19)23-13-15-24(16-14-23)18-9-11-22-12-10-18/h5-12H,3-4,13-16H2,1-2H3,(H,25,26). The molecule has 1 aromatic heterocycles. The topological polar surface area (TPSA) is 65.9 Å². The summed E-state index contributed by atoms with van der Waals surface area (Å²) in [6.07, 6.45) is 4.50. The minimum absolute atomic E-state index is 0.428. The fourth-order valence-electron chi connectivity index (χ4n) is 3.47. The lowest BCUT2D eigenvalue weighted by atomic mass is 9.97. The maximum atomic E-state index is 11.6. The number of carboxylic acid groups (broad SMARTS) is 1. The highest BCUT2D eigenvalue weighted by atomic mass is 16.5. The Kier molecular flexibility index (Phi) is 5.84. The Morgan fingerprint density at radius 3 is 1.89 bits per heavy atom. The summed E-state index contributed by atoms with van der Waals surface area (Å²) >= 11 is 0. The molecule has 0 bridgehead atoms. The quantitative estimate of drug-likeness (QED) is 0.807. The lowest BCUT2D eigenvalue weighted by molar-refractivity contribution is -0.156. The summed E-state index contributed by atoms with van der Waals surface area (Å²) in [5.74, 6) is -0.316. The number of carbonyl (C=O) groups is 1. The van der Waals surface area contributed by atoms with Gasteiger partial charge >= 0.3 is 5.97 Å². The Bertz CT molecular complexity index is 737. The monoisotopic (exact) mass is 369 g/mol. The van der Waals surface area contributed by atoms with E-state index in [0.717, 1.165) is 31.9 Å². The first-order valence-electron chi connectivity index (χ1n) is 9.50. The number of pyridine rings is 1. The molecule has 6 heteroatoms. The molecule has 1 saturated heterocycles. The zero-order valence-electron chi connectivity index (χ0n) is 16.0. The second kappa shape index (κ2) is 8.29. The highest BCUT2D eigenvalue weighted by molar-refractivity contribution is 5.77.